The molecular formula is C28H26ClN3O. The molecule has 5 heteroatoms. The summed E-state index contributed by atoms with van der Waals surface area (Å²) in [4.78, 5) is 15.6. The molecule has 0 bridgehead atoms. The molecule has 1 aromatic heterocycles. The van der Waals surface area contributed by atoms with Gasteiger partial charge in [0.05, 0.1) is 18.3 Å². The van der Waals surface area contributed by atoms with Crippen LogP contribution in [0.4, 0.5) is 10.5 Å². The van der Waals surface area contributed by atoms with E-state index in [9.17, 15) is 4.79 Å². The van der Waals surface area contributed by atoms with E-state index in [4.69, 9.17) is 11.6 Å². The topological polar surface area (TPSA) is 37.3 Å². The number of aromatic nitrogens is 1. The van der Waals surface area contributed by atoms with Crippen LogP contribution in [0.3, 0.4) is 0 Å². The summed E-state index contributed by atoms with van der Waals surface area (Å²) in [6.45, 7) is 4.86. The third kappa shape index (κ3) is 4.14. The largest absolute Gasteiger partial charge is 0.322 e. The van der Waals surface area contributed by atoms with Crippen molar-refractivity contribution in [3.05, 3.63) is 119 Å². The number of para-hydroxylation sites is 1. The molecular weight excluding hydrogens is 430 g/mol. The van der Waals surface area contributed by atoms with Crippen LogP contribution >= 0.6 is 11.6 Å². The summed E-state index contributed by atoms with van der Waals surface area (Å²) in [5.74, 6) is 0.448. The molecule has 1 aliphatic rings. The molecule has 1 unspecified atom stereocenters. The molecule has 0 radical (unpaired) electrons. The smallest absolute Gasteiger partial charge is 0.318 e. The van der Waals surface area contributed by atoms with Gasteiger partial charge in [-0.3, -0.25) is 0 Å². The van der Waals surface area contributed by atoms with E-state index < -0.39 is 0 Å². The number of hydrogen-bond donors (Lipinski definition) is 1. The summed E-state index contributed by atoms with van der Waals surface area (Å²) < 4.78 is 2.20. The number of benzene rings is 3. The lowest BCUT2D eigenvalue weighted by Crippen LogP contribution is -2.37. The fourth-order valence-electron chi connectivity index (χ4n) is 4.51. The molecule has 0 spiro atoms. The number of carbonyl (C=O) groups is 1. The Labute approximate surface area is 199 Å². The average Bonchev–Trinajstić information content (AvgIpc) is 3.23. The van der Waals surface area contributed by atoms with Crippen molar-refractivity contribution >= 4 is 23.3 Å². The highest BCUT2D eigenvalue weighted by Gasteiger charge is 2.33. The van der Waals surface area contributed by atoms with Gasteiger partial charge in [0.15, 0.2) is 0 Å². The standard InChI is InChI=1S/C28H26ClN3O/c1-19(2)20-12-14-21(15-13-20)27-26-11-6-16-31(26)25-10-4-3-7-22(25)18-32(27)28(33)30-24-9-5-8-23(29)17-24/h3-17,19,27H,18H2,1-2H3,(H,30,33). The molecule has 1 aliphatic heterocycles. The average molecular weight is 456 g/mol. The lowest BCUT2D eigenvalue weighted by Gasteiger charge is -2.31. The molecule has 0 aliphatic carbocycles. The second-order valence-corrected chi connectivity index (χ2v) is 9.16. The summed E-state index contributed by atoms with van der Waals surface area (Å²) in [5.41, 5.74) is 6.28. The van der Waals surface area contributed by atoms with Crippen LogP contribution < -0.4 is 5.32 Å². The summed E-state index contributed by atoms with van der Waals surface area (Å²) in [6, 6.07) is 27.9. The van der Waals surface area contributed by atoms with Crippen molar-refractivity contribution < 1.29 is 4.79 Å². The number of nitrogens with zero attached hydrogens (tertiary/aromatic N) is 2. The minimum absolute atomic E-state index is 0.167. The number of nitrogens with one attached hydrogen (secondary N) is 1. The van der Waals surface area contributed by atoms with Crippen molar-refractivity contribution in [1.29, 1.82) is 0 Å². The van der Waals surface area contributed by atoms with Gasteiger partial charge in [-0.1, -0.05) is 74.0 Å². The van der Waals surface area contributed by atoms with Crippen molar-refractivity contribution in [2.45, 2.75) is 32.4 Å². The maximum Gasteiger partial charge on any atom is 0.322 e. The molecule has 1 atom stereocenters. The first-order valence-corrected chi connectivity index (χ1v) is 11.6. The van der Waals surface area contributed by atoms with E-state index in [2.05, 4.69) is 72.4 Å². The van der Waals surface area contributed by atoms with E-state index >= 15 is 0 Å². The van der Waals surface area contributed by atoms with Crippen LogP contribution in [0, 0.1) is 0 Å². The van der Waals surface area contributed by atoms with Crippen molar-refractivity contribution in [3.63, 3.8) is 0 Å². The molecule has 0 fully saturated rings. The van der Waals surface area contributed by atoms with Crippen LogP contribution in [0.25, 0.3) is 5.69 Å². The van der Waals surface area contributed by atoms with Gasteiger partial charge in [0.2, 0.25) is 0 Å². The molecule has 0 saturated carbocycles. The van der Waals surface area contributed by atoms with E-state index in [-0.39, 0.29) is 12.1 Å². The van der Waals surface area contributed by atoms with Crippen LogP contribution in [0.1, 0.15) is 48.2 Å². The predicted octanol–water partition coefficient (Wildman–Crippen LogP) is 7.39. The first-order chi connectivity index (χ1) is 16.0. The highest BCUT2D eigenvalue weighted by molar-refractivity contribution is 6.30. The van der Waals surface area contributed by atoms with Gasteiger partial charge in [0.25, 0.3) is 0 Å². The fraction of sp³-hybridized carbons (Fsp3) is 0.179. The SMILES string of the molecule is CC(C)c1ccc(C2c3cccn3-c3ccccc3CN2C(=O)Nc2cccc(Cl)c2)cc1. The number of hydrogen-bond acceptors (Lipinski definition) is 1. The summed E-state index contributed by atoms with van der Waals surface area (Å²) in [5, 5.41) is 3.64. The zero-order chi connectivity index (χ0) is 22.9. The highest BCUT2D eigenvalue weighted by atomic mass is 35.5. The van der Waals surface area contributed by atoms with Crippen LogP contribution in [0.5, 0.6) is 0 Å². The molecule has 2 amide bonds. The molecule has 2 heterocycles. The number of urea groups is 1. The highest BCUT2D eigenvalue weighted by Crippen LogP contribution is 2.37. The van der Waals surface area contributed by atoms with Gasteiger partial charge in [0.1, 0.15) is 0 Å². The lowest BCUT2D eigenvalue weighted by atomic mass is 9.97. The van der Waals surface area contributed by atoms with E-state index in [0.717, 1.165) is 22.5 Å². The Morgan fingerprint density at radius 3 is 2.52 bits per heavy atom. The molecule has 166 valence electrons. The predicted molar refractivity (Wildman–Crippen MR) is 134 cm³/mol. The zero-order valence-electron chi connectivity index (χ0n) is 18.7. The molecule has 3 aromatic carbocycles. The van der Waals surface area contributed by atoms with Gasteiger partial charge in [-0.25, -0.2) is 4.79 Å². The lowest BCUT2D eigenvalue weighted by molar-refractivity contribution is 0.194. The number of amides is 2. The molecule has 33 heavy (non-hydrogen) atoms. The van der Waals surface area contributed by atoms with Crippen LogP contribution in [0.2, 0.25) is 5.02 Å². The summed E-state index contributed by atoms with van der Waals surface area (Å²) in [6.07, 6.45) is 2.07. The van der Waals surface area contributed by atoms with Crippen molar-refractivity contribution in [2.24, 2.45) is 0 Å². The van der Waals surface area contributed by atoms with Crippen molar-refractivity contribution in [1.82, 2.24) is 9.47 Å². The Balaban J connectivity index is 1.61. The Hall–Kier alpha value is -3.50. The zero-order valence-corrected chi connectivity index (χ0v) is 19.5. The summed E-state index contributed by atoms with van der Waals surface area (Å²) in [7, 11) is 0. The van der Waals surface area contributed by atoms with Gasteiger partial charge >= 0.3 is 6.03 Å². The van der Waals surface area contributed by atoms with Crippen LogP contribution in [-0.4, -0.2) is 15.5 Å². The van der Waals surface area contributed by atoms with Gasteiger partial charge in [0, 0.05) is 22.6 Å². The second kappa shape index (κ2) is 8.80. The molecule has 1 N–H and O–H groups in total. The number of fused-ring (bicyclic) bond motifs is 3. The second-order valence-electron chi connectivity index (χ2n) is 8.72. The van der Waals surface area contributed by atoms with Crippen LogP contribution in [-0.2, 0) is 6.54 Å². The molecule has 4 aromatic rings. The summed E-state index contributed by atoms with van der Waals surface area (Å²) >= 11 is 6.16. The minimum Gasteiger partial charge on any atom is -0.318 e. The number of halogens is 1. The van der Waals surface area contributed by atoms with Crippen molar-refractivity contribution in [2.75, 3.05) is 5.32 Å². The minimum atomic E-state index is -0.243. The molecule has 4 nitrogen and oxygen atoms in total. The monoisotopic (exact) mass is 455 g/mol. The van der Waals surface area contributed by atoms with Crippen molar-refractivity contribution in [3.8, 4) is 5.69 Å². The van der Waals surface area contributed by atoms with E-state index in [0.29, 0.717) is 23.2 Å². The maximum absolute atomic E-state index is 13.7. The third-order valence-corrected chi connectivity index (χ3v) is 6.45. The number of carbonyl (C=O) groups excluding carboxylic acids is 1. The van der Waals surface area contributed by atoms with Gasteiger partial charge in [-0.15, -0.1) is 0 Å². The normalized spacial score (nSPS) is 15.0. The van der Waals surface area contributed by atoms with E-state index in [1.54, 1.807) is 12.1 Å². The Bertz CT molecular complexity index is 1290. The molecule has 0 saturated heterocycles. The Morgan fingerprint density at radius 2 is 1.76 bits per heavy atom. The van der Waals surface area contributed by atoms with Gasteiger partial charge < -0.3 is 14.8 Å². The van der Waals surface area contributed by atoms with E-state index in [1.807, 2.05) is 35.2 Å². The third-order valence-electron chi connectivity index (χ3n) is 6.22. The van der Waals surface area contributed by atoms with Gasteiger partial charge in [-0.05, 0) is 59.0 Å². The van der Waals surface area contributed by atoms with E-state index in [1.165, 1.54) is 5.56 Å². The fourth-order valence-corrected chi connectivity index (χ4v) is 4.71. The van der Waals surface area contributed by atoms with Crippen LogP contribution in [0.15, 0.2) is 91.1 Å². The first kappa shape index (κ1) is 21.4. The number of rotatable bonds is 3. The Kier molecular flexibility index (Phi) is 5.69. The maximum atomic E-state index is 13.7. The van der Waals surface area contributed by atoms with Gasteiger partial charge in [-0.2, -0.15) is 0 Å². The Morgan fingerprint density at radius 1 is 0.970 bits per heavy atom. The first-order valence-electron chi connectivity index (χ1n) is 11.2. The quantitative estimate of drug-likeness (QED) is 0.343. The molecule has 5 rings (SSSR count). The number of anilines is 1.